The maximum Gasteiger partial charge on any atom is 0.256 e. The third-order valence-electron chi connectivity index (χ3n) is 4.58. The van der Waals surface area contributed by atoms with Crippen LogP contribution in [0.5, 0.6) is 0 Å². The Morgan fingerprint density at radius 1 is 1.17 bits per heavy atom. The second-order valence-corrected chi connectivity index (χ2v) is 8.22. The van der Waals surface area contributed by atoms with Gasteiger partial charge in [0.25, 0.3) is 11.5 Å². The minimum Gasteiger partial charge on any atom is -0.306 e. The van der Waals surface area contributed by atoms with Crippen molar-refractivity contribution in [2.24, 2.45) is 0 Å². The molecule has 4 rings (SSSR count). The van der Waals surface area contributed by atoms with Gasteiger partial charge in [-0.1, -0.05) is 37.6 Å². The van der Waals surface area contributed by atoms with E-state index < -0.39 is 0 Å². The third-order valence-corrected chi connectivity index (χ3v) is 5.47. The molecule has 8 heteroatoms. The smallest absolute Gasteiger partial charge is 0.256 e. The van der Waals surface area contributed by atoms with Crippen molar-refractivity contribution in [3.05, 3.63) is 81.1 Å². The van der Waals surface area contributed by atoms with Gasteiger partial charge in [0, 0.05) is 17.7 Å². The third kappa shape index (κ3) is 4.08. The molecular formula is C22H21N5O2S. The first kappa shape index (κ1) is 19.8. The van der Waals surface area contributed by atoms with Crippen molar-refractivity contribution in [2.75, 3.05) is 5.32 Å². The second-order valence-electron chi connectivity index (χ2n) is 7.27. The molecule has 1 amide bonds. The fourth-order valence-electron chi connectivity index (χ4n) is 2.93. The number of carbonyl (C=O) groups excluding carboxylic acids is 1. The van der Waals surface area contributed by atoms with Crippen molar-refractivity contribution in [1.82, 2.24) is 19.7 Å². The molecule has 0 bridgehead atoms. The molecule has 30 heavy (non-hydrogen) atoms. The van der Waals surface area contributed by atoms with Crippen molar-refractivity contribution < 1.29 is 4.79 Å². The second kappa shape index (κ2) is 8.08. The molecule has 4 aromatic rings. The lowest BCUT2D eigenvalue weighted by molar-refractivity contribution is 0.102. The van der Waals surface area contributed by atoms with Crippen LogP contribution in [-0.2, 0) is 0 Å². The van der Waals surface area contributed by atoms with E-state index in [-0.39, 0.29) is 23.3 Å². The molecule has 0 aliphatic heterocycles. The molecule has 2 N–H and O–H groups in total. The number of carbonyl (C=O) groups is 1. The first-order chi connectivity index (χ1) is 14.4. The normalized spacial score (nSPS) is 11.1. The number of benzene rings is 1. The van der Waals surface area contributed by atoms with Crippen molar-refractivity contribution in [3.63, 3.8) is 0 Å². The van der Waals surface area contributed by atoms with E-state index in [0.29, 0.717) is 22.8 Å². The quantitative estimate of drug-likeness (QED) is 0.502. The molecule has 7 nitrogen and oxygen atoms in total. The maximum absolute atomic E-state index is 12.8. The fraction of sp³-hybridized carbons (Fsp3) is 0.182. The number of nitrogens with one attached hydrogen (secondary N) is 2. The number of H-pyrrole nitrogens is 1. The maximum atomic E-state index is 12.8. The van der Waals surface area contributed by atoms with E-state index >= 15 is 0 Å². The number of rotatable bonds is 5. The first-order valence-electron chi connectivity index (χ1n) is 9.54. The van der Waals surface area contributed by atoms with Gasteiger partial charge in [0.15, 0.2) is 0 Å². The van der Waals surface area contributed by atoms with Crippen molar-refractivity contribution in [1.29, 1.82) is 0 Å². The van der Waals surface area contributed by atoms with Crippen molar-refractivity contribution in [3.8, 4) is 16.5 Å². The van der Waals surface area contributed by atoms with Crippen LogP contribution >= 0.6 is 11.3 Å². The summed E-state index contributed by atoms with van der Waals surface area (Å²) < 4.78 is 1.47. The lowest BCUT2D eigenvalue weighted by Gasteiger charge is -2.10. The molecule has 0 atom stereocenters. The molecule has 1 aromatic carbocycles. The average molecular weight is 420 g/mol. The Morgan fingerprint density at radius 3 is 2.60 bits per heavy atom. The molecule has 0 fully saturated rings. The van der Waals surface area contributed by atoms with Crippen LogP contribution in [0, 0.1) is 6.92 Å². The molecule has 0 aliphatic carbocycles. The van der Waals surface area contributed by atoms with Crippen molar-refractivity contribution in [2.45, 2.75) is 26.7 Å². The van der Waals surface area contributed by atoms with E-state index in [0.717, 1.165) is 10.4 Å². The zero-order chi connectivity index (χ0) is 21.3. The topological polar surface area (TPSA) is 92.7 Å². The van der Waals surface area contributed by atoms with Gasteiger partial charge in [-0.15, -0.1) is 11.3 Å². The summed E-state index contributed by atoms with van der Waals surface area (Å²) in [6.45, 7) is 5.89. The highest BCUT2D eigenvalue weighted by atomic mass is 32.1. The molecular weight excluding hydrogens is 398 g/mol. The zero-order valence-electron chi connectivity index (χ0n) is 16.8. The molecule has 3 heterocycles. The van der Waals surface area contributed by atoms with Crippen molar-refractivity contribution >= 4 is 23.1 Å². The molecule has 0 unspecified atom stereocenters. The number of aryl methyl sites for hydroxylation is 1. The van der Waals surface area contributed by atoms with Gasteiger partial charge in [0.2, 0.25) is 5.95 Å². The Bertz CT molecular complexity index is 1240. The first-order valence-corrected chi connectivity index (χ1v) is 10.4. The highest BCUT2D eigenvalue weighted by Gasteiger charge is 2.17. The Morgan fingerprint density at radius 2 is 1.93 bits per heavy atom. The number of hydrogen-bond acceptors (Lipinski definition) is 5. The van der Waals surface area contributed by atoms with Gasteiger partial charge in [-0.25, -0.2) is 4.98 Å². The summed E-state index contributed by atoms with van der Waals surface area (Å²) in [5, 5.41) is 9.46. The SMILES string of the molecule is Cc1ccc(C(=O)Nc2cc(-c3cccs3)nn2-c2nc(C(C)C)cc(=O)[nH]2)cc1. The van der Waals surface area contributed by atoms with E-state index in [1.165, 1.54) is 10.7 Å². The van der Waals surface area contributed by atoms with E-state index in [1.807, 2.05) is 50.4 Å². The van der Waals surface area contributed by atoms with E-state index in [9.17, 15) is 9.59 Å². The van der Waals surface area contributed by atoms with Crippen LogP contribution in [0.2, 0.25) is 0 Å². The number of nitrogens with zero attached hydrogens (tertiary/aromatic N) is 3. The summed E-state index contributed by atoms with van der Waals surface area (Å²) in [6.07, 6.45) is 0. The predicted molar refractivity (Wildman–Crippen MR) is 119 cm³/mol. The fourth-order valence-corrected chi connectivity index (χ4v) is 3.61. The van der Waals surface area contributed by atoms with Gasteiger partial charge >= 0.3 is 0 Å². The number of hydrogen-bond donors (Lipinski definition) is 2. The molecule has 152 valence electrons. The van der Waals surface area contributed by atoms with Crippen LogP contribution in [0.15, 0.2) is 58.7 Å². The Labute approximate surface area is 177 Å². The van der Waals surface area contributed by atoms with E-state index in [4.69, 9.17) is 0 Å². The largest absolute Gasteiger partial charge is 0.306 e. The predicted octanol–water partition coefficient (Wildman–Crippen LogP) is 4.37. The van der Waals surface area contributed by atoms with Gasteiger partial charge in [-0.05, 0) is 36.4 Å². The van der Waals surface area contributed by atoms with Crippen LogP contribution in [0.25, 0.3) is 16.5 Å². The van der Waals surface area contributed by atoms with Gasteiger partial charge in [0.1, 0.15) is 11.5 Å². The number of thiophene rings is 1. The van der Waals surface area contributed by atoms with Crippen LogP contribution < -0.4 is 10.9 Å². The summed E-state index contributed by atoms with van der Waals surface area (Å²) in [5.74, 6) is 0.487. The Kier molecular flexibility index (Phi) is 5.33. The number of anilines is 1. The van der Waals surface area contributed by atoms with Crippen LogP contribution in [0.4, 0.5) is 5.82 Å². The highest BCUT2D eigenvalue weighted by molar-refractivity contribution is 7.13. The Hall–Kier alpha value is -3.52. The minimum atomic E-state index is -0.271. The van der Waals surface area contributed by atoms with Gasteiger partial charge in [-0.2, -0.15) is 9.78 Å². The summed E-state index contributed by atoms with van der Waals surface area (Å²) in [5.41, 5.74) is 2.67. The molecule has 0 saturated heterocycles. The van der Waals surface area contributed by atoms with Crippen LogP contribution in [0.3, 0.4) is 0 Å². The van der Waals surface area contributed by atoms with Gasteiger partial charge < -0.3 is 5.32 Å². The summed E-state index contributed by atoms with van der Waals surface area (Å²) in [4.78, 5) is 33.2. The van der Waals surface area contributed by atoms with Crippen LogP contribution in [-0.4, -0.2) is 25.7 Å². The molecule has 0 spiro atoms. The monoisotopic (exact) mass is 419 g/mol. The number of aromatic nitrogens is 4. The van der Waals surface area contributed by atoms with Gasteiger partial charge in [-0.3, -0.25) is 14.6 Å². The average Bonchev–Trinajstić information content (AvgIpc) is 3.38. The molecule has 0 saturated carbocycles. The lowest BCUT2D eigenvalue weighted by atomic mass is 10.1. The molecule has 0 radical (unpaired) electrons. The molecule has 3 aromatic heterocycles. The lowest BCUT2D eigenvalue weighted by Crippen LogP contribution is -2.19. The van der Waals surface area contributed by atoms with E-state index in [1.54, 1.807) is 29.5 Å². The Balaban J connectivity index is 1.78. The van der Waals surface area contributed by atoms with Gasteiger partial charge in [0.05, 0.1) is 10.6 Å². The summed E-state index contributed by atoms with van der Waals surface area (Å²) >= 11 is 1.54. The summed E-state index contributed by atoms with van der Waals surface area (Å²) in [7, 11) is 0. The minimum absolute atomic E-state index is 0.0731. The molecule has 0 aliphatic rings. The number of aromatic amines is 1. The standard InChI is InChI=1S/C22H21N5O2S/c1-13(2)16-12-20(28)25-22(23-16)27-19(11-17(26-27)18-5-4-10-30-18)24-21(29)15-8-6-14(3)7-9-15/h4-13H,1-3H3,(H,24,29)(H,23,25,28). The summed E-state index contributed by atoms with van der Waals surface area (Å²) in [6, 6.07) is 14.4. The number of amides is 1. The van der Waals surface area contributed by atoms with Crippen LogP contribution in [0.1, 0.15) is 41.4 Å². The van der Waals surface area contributed by atoms with E-state index in [2.05, 4.69) is 20.4 Å². The zero-order valence-corrected chi connectivity index (χ0v) is 17.7. The highest BCUT2D eigenvalue weighted by Crippen LogP contribution is 2.27.